The van der Waals surface area contributed by atoms with Crippen LogP contribution in [0.15, 0.2) is 53.4 Å². The number of benzene rings is 2. The zero-order chi connectivity index (χ0) is 16.3. The van der Waals surface area contributed by atoms with Gasteiger partial charge in [-0.25, -0.2) is 0 Å². The Balaban J connectivity index is 2.24. The molecular formula is C15H15NO5S. The average Bonchev–Trinajstić information content (AvgIpc) is 2.47. The summed E-state index contributed by atoms with van der Waals surface area (Å²) in [7, 11) is -3.93. The molecule has 7 heteroatoms. The van der Waals surface area contributed by atoms with Crippen molar-refractivity contribution in [2.24, 2.45) is 0 Å². The van der Waals surface area contributed by atoms with Crippen LogP contribution in [0.1, 0.15) is 24.2 Å². The van der Waals surface area contributed by atoms with Crippen molar-refractivity contribution >= 4 is 15.8 Å². The lowest BCUT2D eigenvalue weighted by atomic mass is 10.1. The summed E-state index contributed by atoms with van der Waals surface area (Å²) in [6, 6.07) is 12.0. The summed E-state index contributed by atoms with van der Waals surface area (Å²) in [5.41, 5.74) is 1.25. The molecule has 0 unspecified atom stereocenters. The Morgan fingerprint density at radius 3 is 2.36 bits per heavy atom. The van der Waals surface area contributed by atoms with Crippen LogP contribution in [0.3, 0.4) is 0 Å². The summed E-state index contributed by atoms with van der Waals surface area (Å²) >= 11 is 0. The number of aryl methyl sites for hydroxylation is 1. The Morgan fingerprint density at radius 1 is 1.14 bits per heavy atom. The summed E-state index contributed by atoms with van der Waals surface area (Å²) in [4.78, 5) is 10.3. The van der Waals surface area contributed by atoms with Gasteiger partial charge >= 0.3 is 0 Å². The van der Waals surface area contributed by atoms with Gasteiger partial charge in [0.1, 0.15) is 0 Å². The zero-order valence-corrected chi connectivity index (χ0v) is 12.9. The predicted octanol–water partition coefficient (Wildman–Crippen LogP) is 3.37. The van der Waals surface area contributed by atoms with Crippen molar-refractivity contribution in [3.63, 3.8) is 0 Å². The second-order valence-corrected chi connectivity index (χ2v) is 6.43. The molecule has 0 aromatic heterocycles. The largest absolute Gasteiger partial charge is 0.297 e. The molecule has 2 aromatic rings. The third-order valence-electron chi connectivity index (χ3n) is 3.13. The second kappa shape index (κ2) is 6.25. The molecule has 0 heterocycles. The Morgan fingerprint density at radius 2 is 1.77 bits per heavy atom. The maximum Gasteiger partial charge on any atom is 0.297 e. The van der Waals surface area contributed by atoms with Crippen molar-refractivity contribution < 1.29 is 17.5 Å². The highest BCUT2D eigenvalue weighted by Gasteiger charge is 2.21. The van der Waals surface area contributed by atoms with Gasteiger partial charge in [0.25, 0.3) is 15.8 Å². The van der Waals surface area contributed by atoms with Gasteiger partial charge in [-0.3, -0.25) is 14.3 Å². The first-order valence-corrected chi connectivity index (χ1v) is 7.95. The van der Waals surface area contributed by atoms with E-state index in [0.29, 0.717) is 5.56 Å². The van der Waals surface area contributed by atoms with Gasteiger partial charge in [0.2, 0.25) is 0 Å². The molecule has 2 rings (SSSR count). The van der Waals surface area contributed by atoms with Crippen LogP contribution < -0.4 is 0 Å². The predicted molar refractivity (Wildman–Crippen MR) is 81.0 cm³/mol. The highest BCUT2D eigenvalue weighted by molar-refractivity contribution is 7.86. The minimum Gasteiger partial charge on any atom is -0.258 e. The number of rotatable bonds is 5. The molecule has 0 N–H and O–H groups in total. The Bertz CT molecular complexity index is 784. The van der Waals surface area contributed by atoms with Gasteiger partial charge in [0, 0.05) is 12.1 Å². The fourth-order valence-corrected chi connectivity index (χ4v) is 2.97. The fraction of sp³-hybridized carbons (Fsp3) is 0.200. The van der Waals surface area contributed by atoms with Crippen LogP contribution in [-0.4, -0.2) is 13.3 Å². The van der Waals surface area contributed by atoms with Crippen molar-refractivity contribution in [3.05, 3.63) is 69.8 Å². The van der Waals surface area contributed by atoms with Crippen LogP contribution in [0.25, 0.3) is 0 Å². The van der Waals surface area contributed by atoms with E-state index >= 15 is 0 Å². The monoisotopic (exact) mass is 321 g/mol. The molecule has 0 aliphatic rings. The van der Waals surface area contributed by atoms with Gasteiger partial charge < -0.3 is 0 Å². The first-order chi connectivity index (χ1) is 10.3. The van der Waals surface area contributed by atoms with Gasteiger partial charge in [-0.15, -0.1) is 0 Å². The molecule has 0 saturated heterocycles. The second-order valence-electron chi connectivity index (χ2n) is 4.86. The molecule has 116 valence electrons. The van der Waals surface area contributed by atoms with E-state index in [-0.39, 0.29) is 10.6 Å². The van der Waals surface area contributed by atoms with Crippen molar-refractivity contribution in [1.82, 2.24) is 0 Å². The van der Waals surface area contributed by atoms with Gasteiger partial charge in [-0.2, -0.15) is 8.42 Å². The number of hydrogen-bond acceptors (Lipinski definition) is 5. The van der Waals surface area contributed by atoms with Gasteiger partial charge in [0.05, 0.1) is 15.9 Å². The summed E-state index contributed by atoms with van der Waals surface area (Å²) < 4.78 is 29.5. The fourth-order valence-electron chi connectivity index (χ4n) is 1.90. The molecule has 22 heavy (non-hydrogen) atoms. The summed E-state index contributed by atoms with van der Waals surface area (Å²) in [5.74, 6) is 0. The maximum atomic E-state index is 12.2. The van der Waals surface area contributed by atoms with Crippen LogP contribution in [-0.2, 0) is 14.3 Å². The molecule has 1 atom stereocenters. The van der Waals surface area contributed by atoms with Crippen LogP contribution in [0, 0.1) is 17.0 Å². The Labute approximate surface area is 128 Å². The molecule has 0 aliphatic carbocycles. The number of nitrogens with zero attached hydrogens (tertiary/aromatic N) is 1. The molecule has 2 aromatic carbocycles. The highest BCUT2D eigenvalue weighted by Crippen LogP contribution is 2.26. The summed E-state index contributed by atoms with van der Waals surface area (Å²) in [6.07, 6.45) is -0.828. The minimum atomic E-state index is -3.93. The highest BCUT2D eigenvalue weighted by atomic mass is 32.2. The molecule has 0 spiro atoms. The Hall–Kier alpha value is -2.25. The lowest BCUT2D eigenvalue weighted by Crippen LogP contribution is -2.10. The topological polar surface area (TPSA) is 86.5 Å². The molecule has 0 amide bonds. The van der Waals surface area contributed by atoms with Crippen LogP contribution in [0.4, 0.5) is 5.69 Å². The molecular weight excluding hydrogens is 306 g/mol. The smallest absolute Gasteiger partial charge is 0.258 e. The van der Waals surface area contributed by atoms with E-state index in [2.05, 4.69) is 0 Å². The first-order valence-electron chi connectivity index (χ1n) is 6.54. The van der Waals surface area contributed by atoms with E-state index in [4.69, 9.17) is 4.18 Å². The van der Waals surface area contributed by atoms with E-state index in [1.807, 2.05) is 6.92 Å². The van der Waals surface area contributed by atoms with Gasteiger partial charge in [-0.05, 0) is 31.5 Å². The normalized spacial score (nSPS) is 12.8. The number of non-ortho nitro benzene ring substituents is 1. The van der Waals surface area contributed by atoms with Crippen molar-refractivity contribution in [3.8, 4) is 0 Å². The molecule has 0 saturated carbocycles. The maximum absolute atomic E-state index is 12.2. The summed E-state index contributed by atoms with van der Waals surface area (Å²) in [5, 5.41) is 10.8. The lowest BCUT2D eigenvalue weighted by Gasteiger charge is -2.13. The van der Waals surface area contributed by atoms with Gasteiger partial charge in [0.15, 0.2) is 0 Å². The molecule has 0 radical (unpaired) electrons. The molecule has 0 aliphatic heterocycles. The minimum absolute atomic E-state index is 0.0513. The third kappa shape index (κ3) is 3.69. The quantitative estimate of drug-likeness (QED) is 0.479. The van der Waals surface area contributed by atoms with E-state index in [1.54, 1.807) is 18.2 Å². The van der Waals surface area contributed by atoms with Gasteiger partial charge in [-0.1, -0.05) is 29.8 Å². The van der Waals surface area contributed by atoms with Crippen molar-refractivity contribution in [2.75, 3.05) is 0 Å². The molecule has 6 nitrogen and oxygen atoms in total. The zero-order valence-electron chi connectivity index (χ0n) is 12.1. The number of hydrogen-bond donors (Lipinski definition) is 0. The molecule has 0 fully saturated rings. The lowest BCUT2D eigenvalue weighted by molar-refractivity contribution is -0.385. The Kier molecular flexibility index (Phi) is 4.58. The van der Waals surface area contributed by atoms with Crippen LogP contribution in [0.2, 0.25) is 0 Å². The van der Waals surface area contributed by atoms with Crippen LogP contribution >= 0.6 is 0 Å². The van der Waals surface area contributed by atoms with E-state index in [9.17, 15) is 18.5 Å². The van der Waals surface area contributed by atoms with E-state index in [0.717, 1.165) is 5.56 Å². The molecule has 0 bridgehead atoms. The SMILES string of the molecule is Cc1ccc(S(=O)(=O)O[C@@H](C)c2cccc([N+](=O)[O-])c2)cc1. The first kappa shape index (κ1) is 16.1. The average molecular weight is 321 g/mol. The van der Waals surface area contributed by atoms with E-state index < -0.39 is 21.1 Å². The third-order valence-corrected chi connectivity index (χ3v) is 4.52. The van der Waals surface area contributed by atoms with Crippen molar-refractivity contribution in [2.45, 2.75) is 24.8 Å². The number of nitro groups is 1. The number of nitro benzene ring substituents is 1. The van der Waals surface area contributed by atoms with Crippen molar-refractivity contribution in [1.29, 1.82) is 0 Å². The van der Waals surface area contributed by atoms with Crippen LogP contribution in [0.5, 0.6) is 0 Å². The summed E-state index contributed by atoms with van der Waals surface area (Å²) in [6.45, 7) is 3.38. The van der Waals surface area contributed by atoms with E-state index in [1.165, 1.54) is 37.3 Å². The standard InChI is InChI=1S/C15H15NO5S/c1-11-6-8-15(9-7-11)22(19,20)21-12(2)13-4-3-5-14(10-13)16(17)18/h3-10,12H,1-2H3/t12-/m0/s1.